The quantitative estimate of drug-likeness (QED) is 0.765. The summed E-state index contributed by atoms with van der Waals surface area (Å²) in [5, 5.41) is 0. The molecule has 1 aliphatic heterocycles. The molecule has 2 heteroatoms. The first kappa shape index (κ1) is 14.0. The van der Waals surface area contributed by atoms with Crippen molar-refractivity contribution in [1.82, 2.24) is 4.90 Å². The number of rotatable bonds is 3. The van der Waals surface area contributed by atoms with E-state index in [0.717, 1.165) is 19.4 Å². The molecule has 0 spiro atoms. The molecule has 0 aromatic carbocycles. The van der Waals surface area contributed by atoms with Gasteiger partial charge in [0.1, 0.15) is 5.78 Å². The Morgan fingerprint density at radius 2 is 1.78 bits per heavy atom. The third-order valence-electron chi connectivity index (χ3n) is 5.55. The summed E-state index contributed by atoms with van der Waals surface area (Å²) in [7, 11) is 0. The topological polar surface area (TPSA) is 20.3 Å². The molecule has 1 aliphatic carbocycles. The molecule has 1 unspecified atom stereocenters. The molecule has 2 nitrogen and oxygen atoms in total. The summed E-state index contributed by atoms with van der Waals surface area (Å²) < 4.78 is 0. The molecule has 1 atom stereocenters. The fourth-order valence-electron chi connectivity index (χ4n) is 3.46. The maximum absolute atomic E-state index is 12.3. The molecule has 2 rings (SSSR count). The Labute approximate surface area is 112 Å². The zero-order valence-electron chi connectivity index (χ0n) is 12.6. The highest BCUT2D eigenvalue weighted by Crippen LogP contribution is 2.39. The molecule has 2 aliphatic rings. The summed E-state index contributed by atoms with van der Waals surface area (Å²) in [5.74, 6) is 0.817. The number of Topliss-reactive ketones (excluding diaryl/α,β-unsaturated/α-hetero) is 1. The molecular weight excluding hydrogens is 222 g/mol. The minimum Gasteiger partial charge on any atom is -0.303 e. The lowest BCUT2D eigenvalue weighted by Gasteiger charge is -2.39. The van der Waals surface area contributed by atoms with Crippen molar-refractivity contribution in [3.63, 3.8) is 0 Å². The molecule has 18 heavy (non-hydrogen) atoms. The molecule has 1 saturated carbocycles. The summed E-state index contributed by atoms with van der Waals surface area (Å²) in [6, 6.07) is 0. The van der Waals surface area contributed by atoms with Crippen molar-refractivity contribution >= 4 is 5.78 Å². The van der Waals surface area contributed by atoms with Crippen LogP contribution in [0.3, 0.4) is 0 Å². The van der Waals surface area contributed by atoms with Gasteiger partial charge in [-0.15, -0.1) is 0 Å². The van der Waals surface area contributed by atoms with E-state index in [4.69, 9.17) is 0 Å². The second kappa shape index (κ2) is 4.96. The average Bonchev–Trinajstić information content (AvgIpc) is 2.59. The van der Waals surface area contributed by atoms with E-state index in [-0.39, 0.29) is 5.41 Å². The maximum Gasteiger partial charge on any atom is 0.142 e. The summed E-state index contributed by atoms with van der Waals surface area (Å²) in [4.78, 5) is 14.8. The van der Waals surface area contributed by atoms with Gasteiger partial charge in [0.25, 0.3) is 0 Å². The molecule has 1 heterocycles. The van der Waals surface area contributed by atoms with Crippen molar-refractivity contribution < 1.29 is 4.79 Å². The van der Waals surface area contributed by atoms with E-state index in [1.165, 1.54) is 32.4 Å². The van der Waals surface area contributed by atoms with Crippen LogP contribution in [-0.4, -0.2) is 30.3 Å². The number of carbonyl (C=O) groups excluding carboxylic acids is 1. The van der Waals surface area contributed by atoms with E-state index in [9.17, 15) is 4.79 Å². The summed E-state index contributed by atoms with van der Waals surface area (Å²) in [5.41, 5.74) is 0.494. The van der Waals surface area contributed by atoms with Crippen LogP contribution >= 0.6 is 0 Å². The average molecular weight is 251 g/mol. The second-order valence-corrected chi connectivity index (χ2v) is 7.45. The molecule has 0 aromatic rings. The van der Waals surface area contributed by atoms with Crippen LogP contribution < -0.4 is 0 Å². The number of ketones is 1. The van der Waals surface area contributed by atoms with Gasteiger partial charge < -0.3 is 4.90 Å². The first-order valence-electron chi connectivity index (χ1n) is 7.63. The van der Waals surface area contributed by atoms with Gasteiger partial charge in [0.05, 0.1) is 0 Å². The summed E-state index contributed by atoms with van der Waals surface area (Å²) in [6.45, 7) is 12.3. The van der Waals surface area contributed by atoms with E-state index >= 15 is 0 Å². The minimum absolute atomic E-state index is 0.0572. The molecule has 0 radical (unpaired) electrons. The fourth-order valence-corrected chi connectivity index (χ4v) is 3.46. The number of likely N-dealkylation sites (tertiary alicyclic amines) is 1. The van der Waals surface area contributed by atoms with Gasteiger partial charge in [-0.25, -0.2) is 0 Å². The van der Waals surface area contributed by atoms with Crippen LogP contribution in [0.25, 0.3) is 0 Å². The Morgan fingerprint density at radius 1 is 1.17 bits per heavy atom. The third kappa shape index (κ3) is 2.79. The molecule has 0 aromatic heterocycles. The van der Waals surface area contributed by atoms with Gasteiger partial charge in [-0.05, 0) is 44.2 Å². The van der Waals surface area contributed by atoms with Crippen LogP contribution in [0.4, 0.5) is 0 Å². The molecule has 0 bridgehead atoms. The van der Waals surface area contributed by atoms with Gasteiger partial charge in [0, 0.05) is 17.9 Å². The first-order valence-corrected chi connectivity index (χ1v) is 7.63. The number of hydrogen-bond donors (Lipinski definition) is 0. The van der Waals surface area contributed by atoms with Gasteiger partial charge in [-0.3, -0.25) is 4.79 Å². The van der Waals surface area contributed by atoms with E-state index in [1.807, 2.05) is 0 Å². The highest BCUT2D eigenvalue weighted by Gasteiger charge is 2.41. The molecule has 2 fully saturated rings. The van der Waals surface area contributed by atoms with Crippen molar-refractivity contribution in [3.05, 3.63) is 0 Å². The van der Waals surface area contributed by atoms with E-state index in [2.05, 4.69) is 32.6 Å². The van der Waals surface area contributed by atoms with Crippen LogP contribution in [0, 0.1) is 16.7 Å². The highest BCUT2D eigenvalue weighted by atomic mass is 16.1. The van der Waals surface area contributed by atoms with Crippen molar-refractivity contribution in [2.45, 2.75) is 59.8 Å². The van der Waals surface area contributed by atoms with Crippen LogP contribution in [-0.2, 0) is 4.79 Å². The summed E-state index contributed by atoms with van der Waals surface area (Å²) >= 11 is 0. The molecule has 1 saturated heterocycles. The highest BCUT2D eigenvalue weighted by molar-refractivity contribution is 5.88. The Morgan fingerprint density at radius 3 is 2.22 bits per heavy atom. The van der Waals surface area contributed by atoms with E-state index in [0.29, 0.717) is 17.1 Å². The zero-order valence-corrected chi connectivity index (χ0v) is 12.6. The third-order valence-corrected chi connectivity index (χ3v) is 5.55. The van der Waals surface area contributed by atoms with Gasteiger partial charge in [0.2, 0.25) is 0 Å². The SMILES string of the molecule is CCC1(C)CCN(CC2CCC(C)(C)C2=O)CC1. The fraction of sp³-hybridized carbons (Fsp3) is 0.938. The predicted molar refractivity (Wildman–Crippen MR) is 75.6 cm³/mol. The van der Waals surface area contributed by atoms with Gasteiger partial charge in [-0.1, -0.05) is 34.1 Å². The lowest BCUT2D eigenvalue weighted by molar-refractivity contribution is -0.128. The van der Waals surface area contributed by atoms with Crippen LogP contribution in [0.2, 0.25) is 0 Å². The molecule has 0 amide bonds. The lowest BCUT2D eigenvalue weighted by atomic mass is 9.78. The van der Waals surface area contributed by atoms with Crippen molar-refractivity contribution in [2.24, 2.45) is 16.7 Å². The molecular formula is C16H29NO. The van der Waals surface area contributed by atoms with Crippen LogP contribution in [0.15, 0.2) is 0 Å². The Kier molecular flexibility index (Phi) is 3.87. The Bertz CT molecular complexity index is 313. The maximum atomic E-state index is 12.3. The minimum atomic E-state index is -0.0572. The normalized spacial score (nSPS) is 31.8. The van der Waals surface area contributed by atoms with Crippen molar-refractivity contribution in [1.29, 1.82) is 0 Å². The Hall–Kier alpha value is -0.370. The zero-order chi connectivity index (χ0) is 13.4. The van der Waals surface area contributed by atoms with Crippen LogP contribution in [0.5, 0.6) is 0 Å². The standard InChI is InChI=1S/C16H29NO/c1-5-16(4)8-10-17(11-9-16)12-13-6-7-15(2,3)14(13)18/h13H,5-12H2,1-4H3. The summed E-state index contributed by atoms with van der Waals surface area (Å²) in [6.07, 6.45) is 6.07. The lowest BCUT2D eigenvalue weighted by Crippen LogP contribution is -2.42. The first-order chi connectivity index (χ1) is 8.36. The number of carbonyl (C=O) groups is 1. The van der Waals surface area contributed by atoms with E-state index in [1.54, 1.807) is 0 Å². The predicted octanol–water partition coefficient (Wildman–Crippen LogP) is 3.50. The van der Waals surface area contributed by atoms with Crippen molar-refractivity contribution in [2.75, 3.05) is 19.6 Å². The van der Waals surface area contributed by atoms with Gasteiger partial charge in [0.15, 0.2) is 0 Å². The second-order valence-electron chi connectivity index (χ2n) is 7.45. The number of hydrogen-bond acceptors (Lipinski definition) is 2. The monoisotopic (exact) mass is 251 g/mol. The van der Waals surface area contributed by atoms with Crippen LogP contribution in [0.1, 0.15) is 59.8 Å². The largest absolute Gasteiger partial charge is 0.303 e. The van der Waals surface area contributed by atoms with Gasteiger partial charge in [-0.2, -0.15) is 0 Å². The van der Waals surface area contributed by atoms with Crippen molar-refractivity contribution in [3.8, 4) is 0 Å². The number of piperidine rings is 1. The molecule has 0 N–H and O–H groups in total. The number of nitrogens with zero attached hydrogens (tertiary/aromatic N) is 1. The molecule has 104 valence electrons. The van der Waals surface area contributed by atoms with E-state index < -0.39 is 0 Å². The smallest absolute Gasteiger partial charge is 0.142 e. The van der Waals surface area contributed by atoms with Gasteiger partial charge >= 0.3 is 0 Å². The Balaban J connectivity index is 1.84.